The van der Waals surface area contributed by atoms with Gasteiger partial charge in [0.1, 0.15) is 0 Å². The number of nitrogens with zero attached hydrogens (tertiary/aromatic N) is 1. The molecule has 0 spiro atoms. The van der Waals surface area contributed by atoms with Crippen molar-refractivity contribution >= 4 is 76.9 Å². The monoisotopic (exact) mass is 433 g/mol. The summed E-state index contributed by atoms with van der Waals surface area (Å²) in [4.78, 5) is 0. The van der Waals surface area contributed by atoms with E-state index in [9.17, 15) is 0 Å². The highest BCUT2D eigenvalue weighted by Gasteiger charge is 2.14. The first kappa shape index (κ1) is 14.7. The van der Waals surface area contributed by atoms with E-state index >= 15 is 0 Å². The Labute approximate surface area is 144 Å². The first-order valence-corrected chi connectivity index (χ1v) is 8.73. The van der Waals surface area contributed by atoms with E-state index in [1.807, 2.05) is 0 Å². The number of hydrogen-bond donors (Lipinski definition) is 0. The summed E-state index contributed by atoms with van der Waals surface area (Å²) >= 11 is 19.2. The summed E-state index contributed by atoms with van der Waals surface area (Å²) in [6.07, 6.45) is 0. The maximum Gasteiger partial charge on any atom is 0.0650 e. The zero-order valence-corrected chi connectivity index (χ0v) is 15.1. The molecule has 0 amide bonds. The minimum atomic E-state index is -0.0808. The molecule has 104 valence electrons. The molecule has 5 heteroatoms. The average Bonchev–Trinajstić information content (AvgIpc) is 2.72. The summed E-state index contributed by atoms with van der Waals surface area (Å²) in [6.45, 7) is 0.703. The molecular weight excluding hydrogens is 425 g/mol. The Hall–Kier alpha value is -0.220. The molecule has 0 N–H and O–H groups in total. The molecule has 0 bridgehead atoms. The second-order valence-electron chi connectivity index (χ2n) is 4.69. The fraction of sp³-hybridized carbons (Fsp3) is 0.200. The summed E-state index contributed by atoms with van der Waals surface area (Å²) in [5.41, 5.74) is 2.36. The van der Waals surface area contributed by atoms with Crippen molar-refractivity contribution in [3.05, 3.63) is 45.3 Å². The van der Waals surface area contributed by atoms with Gasteiger partial charge >= 0.3 is 0 Å². The van der Waals surface area contributed by atoms with Crippen LogP contribution in [0.2, 0.25) is 0 Å². The van der Waals surface area contributed by atoms with Crippen molar-refractivity contribution in [2.24, 2.45) is 0 Å². The van der Waals surface area contributed by atoms with Gasteiger partial charge in [0.25, 0.3) is 0 Å². The van der Waals surface area contributed by atoms with Crippen LogP contribution in [-0.4, -0.2) is 15.8 Å². The van der Waals surface area contributed by atoms with Crippen LogP contribution in [0.5, 0.6) is 0 Å². The van der Waals surface area contributed by atoms with Gasteiger partial charge in [-0.15, -0.1) is 23.2 Å². The van der Waals surface area contributed by atoms with E-state index in [1.165, 1.54) is 21.8 Å². The maximum atomic E-state index is 6.25. The molecule has 3 rings (SSSR count). The van der Waals surface area contributed by atoms with Gasteiger partial charge in [-0.3, -0.25) is 0 Å². The van der Waals surface area contributed by atoms with Crippen LogP contribution < -0.4 is 0 Å². The third-order valence-electron chi connectivity index (χ3n) is 3.34. The van der Waals surface area contributed by atoms with E-state index in [1.54, 1.807) is 0 Å². The predicted octanol–water partition coefficient (Wildman–Crippen LogP) is 6.17. The van der Waals surface area contributed by atoms with Gasteiger partial charge in [-0.05, 0) is 36.4 Å². The zero-order chi connectivity index (χ0) is 14.3. The quantitative estimate of drug-likeness (QED) is 0.434. The number of halogens is 4. The number of fused-ring (bicyclic) bond motifs is 3. The molecule has 0 saturated carbocycles. The van der Waals surface area contributed by atoms with Crippen molar-refractivity contribution < 1.29 is 0 Å². The van der Waals surface area contributed by atoms with E-state index in [0.717, 1.165) is 8.95 Å². The number of aromatic nitrogens is 1. The van der Waals surface area contributed by atoms with Crippen molar-refractivity contribution in [2.75, 3.05) is 5.88 Å². The molecule has 0 aliphatic rings. The van der Waals surface area contributed by atoms with Gasteiger partial charge < -0.3 is 4.57 Å². The van der Waals surface area contributed by atoms with Crippen molar-refractivity contribution in [3.63, 3.8) is 0 Å². The average molecular weight is 436 g/mol. The SMILES string of the molecule is ClCC(Cl)Cn1c2ccc(Br)cc2c2cc(Br)ccc21. The normalized spacial score (nSPS) is 13.2. The molecule has 1 unspecified atom stereocenters. The molecule has 0 aliphatic carbocycles. The van der Waals surface area contributed by atoms with Crippen LogP contribution in [0.1, 0.15) is 0 Å². The van der Waals surface area contributed by atoms with Crippen molar-refractivity contribution in [2.45, 2.75) is 11.9 Å². The van der Waals surface area contributed by atoms with Crippen LogP contribution in [0.15, 0.2) is 45.3 Å². The summed E-state index contributed by atoms with van der Waals surface area (Å²) in [7, 11) is 0. The van der Waals surface area contributed by atoms with E-state index in [2.05, 4.69) is 72.8 Å². The lowest BCUT2D eigenvalue weighted by Gasteiger charge is -2.10. The standard InChI is InChI=1S/C15H11Br2Cl2N/c16-9-1-3-14-12(5-9)13-6-10(17)2-4-15(13)20(14)8-11(19)7-18/h1-6,11H,7-8H2. The Balaban J connectivity index is 2.34. The number of hydrogen-bond acceptors (Lipinski definition) is 0. The minimum Gasteiger partial charge on any atom is -0.339 e. The van der Waals surface area contributed by atoms with Gasteiger partial charge in [0.05, 0.1) is 5.38 Å². The third-order valence-corrected chi connectivity index (χ3v) is 5.15. The Bertz CT molecular complexity index is 723. The van der Waals surface area contributed by atoms with E-state index in [-0.39, 0.29) is 5.38 Å². The summed E-state index contributed by atoms with van der Waals surface area (Å²) < 4.78 is 4.39. The number of benzene rings is 2. The molecule has 1 aromatic heterocycles. The van der Waals surface area contributed by atoms with Gasteiger partial charge in [-0.25, -0.2) is 0 Å². The molecule has 1 nitrogen and oxygen atoms in total. The van der Waals surface area contributed by atoms with Gasteiger partial charge in [0.2, 0.25) is 0 Å². The molecule has 3 aromatic rings. The molecular formula is C15H11Br2Cl2N. The topological polar surface area (TPSA) is 4.93 Å². The largest absolute Gasteiger partial charge is 0.339 e. The zero-order valence-electron chi connectivity index (χ0n) is 10.4. The highest BCUT2D eigenvalue weighted by Crippen LogP contribution is 2.33. The van der Waals surface area contributed by atoms with E-state index in [0.29, 0.717) is 12.4 Å². The molecule has 1 atom stereocenters. The molecule has 1 heterocycles. The van der Waals surface area contributed by atoms with Crippen LogP contribution in [0, 0.1) is 0 Å². The van der Waals surface area contributed by atoms with Crippen LogP contribution in [0.25, 0.3) is 21.8 Å². The lowest BCUT2D eigenvalue weighted by atomic mass is 10.2. The smallest absolute Gasteiger partial charge is 0.0650 e. The number of rotatable bonds is 3. The van der Waals surface area contributed by atoms with Gasteiger partial charge in [0, 0.05) is 43.2 Å². The lowest BCUT2D eigenvalue weighted by molar-refractivity contribution is 0.735. The van der Waals surface area contributed by atoms with Crippen molar-refractivity contribution in [1.82, 2.24) is 4.57 Å². The third kappa shape index (κ3) is 2.61. The fourth-order valence-electron chi connectivity index (χ4n) is 2.49. The first-order valence-electron chi connectivity index (χ1n) is 6.17. The molecule has 20 heavy (non-hydrogen) atoms. The van der Waals surface area contributed by atoms with E-state index in [4.69, 9.17) is 23.2 Å². The minimum absolute atomic E-state index is 0.0808. The van der Waals surface area contributed by atoms with Gasteiger partial charge in [-0.2, -0.15) is 0 Å². The van der Waals surface area contributed by atoms with Gasteiger partial charge in [-0.1, -0.05) is 31.9 Å². The Morgan fingerprint density at radius 2 is 1.45 bits per heavy atom. The van der Waals surface area contributed by atoms with Gasteiger partial charge in [0.15, 0.2) is 0 Å². The number of alkyl halides is 2. The Morgan fingerprint density at radius 1 is 0.950 bits per heavy atom. The van der Waals surface area contributed by atoms with Crippen molar-refractivity contribution in [3.8, 4) is 0 Å². The second-order valence-corrected chi connectivity index (χ2v) is 7.44. The molecule has 0 saturated heterocycles. The Morgan fingerprint density at radius 3 is 1.90 bits per heavy atom. The maximum absolute atomic E-state index is 6.25. The highest BCUT2D eigenvalue weighted by atomic mass is 79.9. The van der Waals surface area contributed by atoms with Crippen LogP contribution in [0.4, 0.5) is 0 Å². The molecule has 0 fully saturated rings. The Kier molecular flexibility index (Phi) is 4.32. The van der Waals surface area contributed by atoms with E-state index < -0.39 is 0 Å². The van der Waals surface area contributed by atoms with Crippen LogP contribution in [-0.2, 0) is 6.54 Å². The van der Waals surface area contributed by atoms with Crippen LogP contribution in [0.3, 0.4) is 0 Å². The highest BCUT2D eigenvalue weighted by molar-refractivity contribution is 9.10. The predicted molar refractivity (Wildman–Crippen MR) is 95.2 cm³/mol. The first-order chi connectivity index (χ1) is 9.60. The second kappa shape index (κ2) is 5.88. The summed E-state index contributed by atoms with van der Waals surface area (Å²) in [5, 5.41) is 2.35. The lowest BCUT2D eigenvalue weighted by Crippen LogP contribution is -2.11. The van der Waals surface area contributed by atoms with Crippen molar-refractivity contribution in [1.29, 1.82) is 0 Å². The summed E-state index contributed by atoms with van der Waals surface area (Å²) in [5.74, 6) is 0.440. The molecule has 0 aliphatic heterocycles. The van der Waals surface area contributed by atoms with Crippen LogP contribution >= 0.6 is 55.1 Å². The fourth-order valence-corrected chi connectivity index (χ4v) is 3.45. The summed E-state index contributed by atoms with van der Waals surface area (Å²) in [6, 6.07) is 12.6. The molecule has 0 radical (unpaired) electrons. The molecule has 2 aromatic carbocycles.